The van der Waals surface area contributed by atoms with Gasteiger partial charge in [0.25, 0.3) is 0 Å². The Balaban J connectivity index is 1.82. The van der Waals surface area contributed by atoms with Crippen LogP contribution in [0.3, 0.4) is 0 Å². The third-order valence-electron chi connectivity index (χ3n) is 3.92. The smallest absolute Gasteiger partial charge is 0.315 e. The van der Waals surface area contributed by atoms with Crippen molar-refractivity contribution in [2.75, 3.05) is 7.11 Å². The molecule has 0 aliphatic heterocycles. The third kappa shape index (κ3) is 3.43. The van der Waals surface area contributed by atoms with Crippen LogP contribution in [0, 0.1) is 17.0 Å². The summed E-state index contributed by atoms with van der Waals surface area (Å²) in [5, 5.41) is 25.4. The Kier molecular flexibility index (Phi) is 4.75. The second kappa shape index (κ2) is 7.16. The Morgan fingerprint density at radius 1 is 1.37 bits per heavy atom. The molecule has 3 rings (SSSR count). The summed E-state index contributed by atoms with van der Waals surface area (Å²) >= 11 is 0. The van der Waals surface area contributed by atoms with Crippen LogP contribution in [0.5, 0.6) is 11.5 Å². The molecule has 0 bridgehead atoms. The van der Waals surface area contributed by atoms with Gasteiger partial charge in [-0.05, 0) is 19.1 Å². The fourth-order valence-corrected chi connectivity index (χ4v) is 2.59. The number of aryl methyl sites for hydroxylation is 1. The van der Waals surface area contributed by atoms with Crippen molar-refractivity contribution in [2.24, 2.45) is 5.10 Å². The van der Waals surface area contributed by atoms with Crippen molar-refractivity contribution >= 4 is 28.8 Å². The predicted octanol–water partition coefficient (Wildman–Crippen LogP) is 3.13. The first-order valence-corrected chi connectivity index (χ1v) is 7.79. The molecule has 2 N–H and O–H groups in total. The molecule has 0 saturated carbocycles. The van der Waals surface area contributed by atoms with Crippen molar-refractivity contribution in [3.8, 4) is 11.5 Å². The van der Waals surface area contributed by atoms with E-state index in [0.29, 0.717) is 11.1 Å². The van der Waals surface area contributed by atoms with E-state index in [-0.39, 0.29) is 17.1 Å². The number of hydrazone groups is 1. The molecule has 0 spiro atoms. The van der Waals surface area contributed by atoms with Gasteiger partial charge < -0.3 is 14.3 Å². The van der Waals surface area contributed by atoms with Crippen molar-refractivity contribution in [3.63, 3.8) is 0 Å². The molecule has 1 heterocycles. The van der Waals surface area contributed by atoms with Gasteiger partial charge in [-0.1, -0.05) is 18.2 Å². The highest BCUT2D eigenvalue weighted by molar-refractivity contribution is 5.99. The largest absolute Gasteiger partial charge is 0.500 e. The van der Waals surface area contributed by atoms with Crippen LogP contribution in [-0.2, 0) is 0 Å². The van der Waals surface area contributed by atoms with Crippen LogP contribution in [0.4, 0.5) is 5.69 Å². The van der Waals surface area contributed by atoms with Crippen LogP contribution in [0.25, 0.3) is 11.0 Å². The van der Waals surface area contributed by atoms with Gasteiger partial charge >= 0.3 is 11.6 Å². The van der Waals surface area contributed by atoms with Gasteiger partial charge in [0.2, 0.25) is 5.75 Å². The number of para-hydroxylation sites is 1. The summed E-state index contributed by atoms with van der Waals surface area (Å²) in [6.07, 6.45) is 1.20. The van der Waals surface area contributed by atoms with E-state index in [1.54, 1.807) is 19.1 Å². The molecule has 0 aliphatic rings. The van der Waals surface area contributed by atoms with Crippen molar-refractivity contribution in [1.82, 2.24) is 5.43 Å². The molecule has 2 aromatic carbocycles. The summed E-state index contributed by atoms with van der Waals surface area (Å²) in [4.78, 5) is 22.5. The zero-order valence-electron chi connectivity index (χ0n) is 14.4. The first kappa shape index (κ1) is 17.9. The average Bonchev–Trinajstić information content (AvgIpc) is 2.99. The molecular formula is C18H15N3O6. The number of nitrogens with zero attached hydrogens (tertiary/aromatic N) is 2. The number of furan rings is 1. The number of ether oxygens (including phenoxy) is 1. The summed E-state index contributed by atoms with van der Waals surface area (Å²) in [6.45, 7) is 1.76. The number of fused-ring (bicyclic) bond motifs is 1. The number of nitro groups is 1. The Labute approximate surface area is 153 Å². The standard InChI is InChI=1S/C18H15N3O6/c1-10-12-5-3-4-6-14(12)27-17(10)18(23)20-19-9-11-7-13(21(24)25)16(22)15(8-11)26-2/h3-9,22H,1-2H3,(H,20,23)/b19-9+. The number of carbonyl (C=O) groups is 1. The molecule has 0 saturated heterocycles. The summed E-state index contributed by atoms with van der Waals surface area (Å²) in [5.41, 5.74) is 3.31. The van der Waals surface area contributed by atoms with Crippen molar-refractivity contribution < 1.29 is 24.0 Å². The molecule has 1 amide bonds. The minimum Gasteiger partial charge on any atom is -0.500 e. The number of nitrogens with one attached hydrogen (secondary N) is 1. The number of phenols is 1. The fraction of sp³-hybridized carbons (Fsp3) is 0.111. The van der Waals surface area contributed by atoms with Gasteiger partial charge in [0.1, 0.15) is 5.58 Å². The molecule has 0 unspecified atom stereocenters. The van der Waals surface area contributed by atoms with E-state index in [0.717, 1.165) is 11.5 Å². The fourth-order valence-electron chi connectivity index (χ4n) is 2.59. The minimum atomic E-state index is -0.745. The maximum Gasteiger partial charge on any atom is 0.315 e. The zero-order chi connectivity index (χ0) is 19.6. The van der Waals surface area contributed by atoms with E-state index >= 15 is 0 Å². The maximum atomic E-state index is 12.3. The molecule has 3 aromatic rings. The van der Waals surface area contributed by atoms with Crippen LogP contribution in [0.15, 0.2) is 45.9 Å². The molecule has 1 aromatic heterocycles. The zero-order valence-corrected chi connectivity index (χ0v) is 14.4. The number of amides is 1. The summed E-state index contributed by atoms with van der Waals surface area (Å²) in [5.74, 6) is -1.09. The average molecular weight is 369 g/mol. The van der Waals surface area contributed by atoms with Gasteiger partial charge in [-0.15, -0.1) is 0 Å². The molecule has 0 atom stereocenters. The predicted molar refractivity (Wildman–Crippen MR) is 97.3 cm³/mol. The van der Waals surface area contributed by atoms with Gasteiger partial charge in [-0.3, -0.25) is 14.9 Å². The Bertz CT molecular complexity index is 1070. The molecular weight excluding hydrogens is 354 g/mol. The van der Waals surface area contributed by atoms with Gasteiger partial charge in [0.05, 0.1) is 18.2 Å². The Hall–Kier alpha value is -3.88. The number of rotatable bonds is 5. The summed E-state index contributed by atoms with van der Waals surface area (Å²) < 4.78 is 10.4. The number of aromatic hydroxyl groups is 1. The minimum absolute atomic E-state index is 0.0786. The van der Waals surface area contributed by atoms with E-state index in [1.807, 2.05) is 12.1 Å². The highest BCUT2D eigenvalue weighted by Crippen LogP contribution is 2.36. The number of hydrogen-bond acceptors (Lipinski definition) is 7. The van der Waals surface area contributed by atoms with Crippen LogP contribution in [0.2, 0.25) is 0 Å². The molecule has 0 fully saturated rings. The Morgan fingerprint density at radius 2 is 2.11 bits per heavy atom. The van der Waals surface area contributed by atoms with Crippen molar-refractivity contribution in [3.05, 3.63) is 63.4 Å². The topological polar surface area (TPSA) is 127 Å². The second-order valence-corrected chi connectivity index (χ2v) is 5.60. The SMILES string of the molecule is COc1cc(/C=N/NC(=O)c2oc3ccccc3c2C)cc([N+](=O)[O-])c1O. The van der Waals surface area contributed by atoms with E-state index in [9.17, 15) is 20.0 Å². The number of benzene rings is 2. The van der Waals surface area contributed by atoms with E-state index in [1.165, 1.54) is 19.4 Å². The van der Waals surface area contributed by atoms with Crippen LogP contribution < -0.4 is 10.2 Å². The number of carbonyl (C=O) groups excluding carboxylic acids is 1. The number of phenolic OH excluding ortho intramolecular Hbond substituents is 1. The van der Waals surface area contributed by atoms with Gasteiger partial charge in [0.15, 0.2) is 11.5 Å². The number of methoxy groups -OCH3 is 1. The lowest BCUT2D eigenvalue weighted by Crippen LogP contribution is -2.17. The molecule has 138 valence electrons. The highest BCUT2D eigenvalue weighted by atomic mass is 16.6. The van der Waals surface area contributed by atoms with E-state index in [2.05, 4.69) is 10.5 Å². The first-order valence-electron chi connectivity index (χ1n) is 7.79. The third-order valence-corrected chi connectivity index (χ3v) is 3.92. The monoisotopic (exact) mass is 369 g/mol. The lowest BCUT2D eigenvalue weighted by Gasteiger charge is -2.05. The lowest BCUT2D eigenvalue weighted by molar-refractivity contribution is -0.386. The molecule has 27 heavy (non-hydrogen) atoms. The first-order chi connectivity index (χ1) is 12.9. The quantitative estimate of drug-likeness (QED) is 0.404. The summed E-state index contributed by atoms with van der Waals surface area (Å²) in [6, 6.07) is 9.71. The van der Waals surface area contributed by atoms with Gasteiger partial charge in [0, 0.05) is 22.6 Å². The summed E-state index contributed by atoms with van der Waals surface area (Å²) in [7, 11) is 1.27. The van der Waals surface area contributed by atoms with Crippen molar-refractivity contribution in [2.45, 2.75) is 6.92 Å². The second-order valence-electron chi connectivity index (χ2n) is 5.60. The molecule has 9 heteroatoms. The normalized spacial score (nSPS) is 11.0. The molecule has 0 radical (unpaired) electrons. The maximum absolute atomic E-state index is 12.3. The number of nitro benzene ring substituents is 1. The van der Waals surface area contributed by atoms with E-state index in [4.69, 9.17) is 9.15 Å². The lowest BCUT2D eigenvalue weighted by atomic mass is 10.1. The molecule has 0 aliphatic carbocycles. The highest BCUT2D eigenvalue weighted by Gasteiger charge is 2.20. The van der Waals surface area contributed by atoms with Crippen LogP contribution >= 0.6 is 0 Å². The Morgan fingerprint density at radius 3 is 2.78 bits per heavy atom. The van der Waals surface area contributed by atoms with Gasteiger partial charge in [-0.25, -0.2) is 5.43 Å². The van der Waals surface area contributed by atoms with Crippen LogP contribution in [-0.4, -0.2) is 29.3 Å². The van der Waals surface area contributed by atoms with Crippen molar-refractivity contribution in [1.29, 1.82) is 0 Å². The molecule has 9 nitrogen and oxygen atoms in total. The van der Waals surface area contributed by atoms with E-state index < -0.39 is 22.3 Å². The number of hydrogen-bond donors (Lipinski definition) is 2. The van der Waals surface area contributed by atoms with Crippen LogP contribution in [0.1, 0.15) is 21.7 Å². The van der Waals surface area contributed by atoms with Gasteiger partial charge in [-0.2, -0.15) is 5.10 Å².